The molecule has 1 unspecified atom stereocenters. The zero-order chi connectivity index (χ0) is 14.4. The second-order valence-electron chi connectivity index (χ2n) is 5.41. The van der Waals surface area contributed by atoms with Crippen molar-refractivity contribution in [1.29, 1.82) is 0 Å². The summed E-state index contributed by atoms with van der Waals surface area (Å²) in [5.74, 6) is 0.0397. The van der Waals surface area contributed by atoms with Crippen LogP contribution in [0.5, 0.6) is 0 Å². The molecule has 4 nitrogen and oxygen atoms in total. The Balaban J connectivity index is 1.69. The van der Waals surface area contributed by atoms with Gasteiger partial charge in [-0.15, -0.1) is 0 Å². The second-order valence-corrected chi connectivity index (χ2v) is 5.41. The van der Waals surface area contributed by atoms with Crippen LogP contribution in [0.15, 0.2) is 30.3 Å². The first-order valence-electron chi connectivity index (χ1n) is 7.26. The van der Waals surface area contributed by atoms with Crippen molar-refractivity contribution in [3.63, 3.8) is 0 Å². The fourth-order valence-electron chi connectivity index (χ4n) is 2.47. The van der Waals surface area contributed by atoms with Gasteiger partial charge in [0.05, 0.1) is 6.54 Å². The molecule has 0 aromatic heterocycles. The van der Waals surface area contributed by atoms with Crippen molar-refractivity contribution in [2.24, 2.45) is 0 Å². The Hall–Kier alpha value is -1.84. The van der Waals surface area contributed by atoms with E-state index in [1.165, 1.54) is 5.56 Å². The molecule has 1 N–H and O–H groups in total. The van der Waals surface area contributed by atoms with Crippen molar-refractivity contribution in [2.75, 3.05) is 13.1 Å². The molecule has 1 aliphatic heterocycles. The predicted molar refractivity (Wildman–Crippen MR) is 78.2 cm³/mol. The van der Waals surface area contributed by atoms with Crippen LogP contribution < -0.4 is 5.32 Å². The van der Waals surface area contributed by atoms with E-state index < -0.39 is 0 Å². The summed E-state index contributed by atoms with van der Waals surface area (Å²) in [5, 5.41) is 2.96. The summed E-state index contributed by atoms with van der Waals surface area (Å²) >= 11 is 0. The van der Waals surface area contributed by atoms with Crippen LogP contribution in [-0.4, -0.2) is 35.8 Å². The third kappa shape index (κ3) is 4.37. The van der Waals surface area contributed by atoms with Gasteiger partial charge in [-0.1, -0.05) is 30.3 Å². The van der Waals surface area contributed by atoms with Crippen LogP contribution in [0.3, 0.4) is 0 Å². The lowest BCUT2D eigenvalue weighted by Crippen LogP contribution is -2.41. The Labute approximate surface area is 120 Å². The molecule has 1 fully saturated rings. The van der Waals surface area contributed by atoms with Crippen LogP contribution in [0, 0.1) is 0 Å². The number of hydrogen-bond donors (Lipinski definition) is 1. The van der Waals surface area contributed by atoms with Crippen molar-refractivity contribution >= 4 is 11.8 Å². The number of hydrogen-bond acceptors (Lipinski definition) is 2. The molecule has 4 heteroatoms. The largest absolute Gasteiger partial charge is 0.352 e. The number of benzene rings is 1. The van der Waals surface area contributed by atoms with Gasteiger partial charge in [0.2, 0.25) is 11.8 Å². The highest BCUT2D eigenvalue weighted by Gasteiger charge is 2.22. The first-order valence-corrected chi connectivity index (χ1v) is 7.26. The monoisotopic (exact) mass is 274 g/mol. The number of rotatable bonds is 6. The van der Waals surface area contributed by atoms with E-state index in [1.54, 1.807) is 4.90 Å². The smallest absolute Gasteiger partial charge is 0.239 e. The van der Waals surface area contributed by atoms with Crippen molar-refractivity contribution in [3.05, 3.63) is 35.9 Å². The molecule has 1 aromatic carbocycles. The fourth-order valence-corrected chi connectivity index (χ4v) is 2.47. The summed E-state index contributed by atoms with van der Waals surface area (Å²) in [6, 6.07) is 10.4. The maximum atomic E-state index is 11.9. The number of nitrogens with zero attached hydrogens (tertiary/aromatic N) is 1. The van der Waals surface area contributed by atoms with Gasteiger partial charge >= 0.3 is 0 Å². The summed E-state index contributed by atoms with van der Waals surface area (Å²) in [6.07, 6.45) is 3.31. The summed E-state index contributed by atoms with van der Waals surface area (Å²) in [4.78, 5) is 25.0. The van der Waals surface area contributed by atoms with Crippen molar-refractivity contribution in [1.82, 2.24) is 10.2 Å². The molecule has 0 spiro atoms. The van der Waals surface area contributed by atoms with Gasteiger partial charge in [0, 0.05) is 19.0 Å². The highest BCUT2D eigenvalue weighted by atomic mass is 16.2. The maximum absolute atomic E-state index is 11.9. The fraction of sp³-hybridized carbons (Fsp3) is 0.500. The Morgan fingerprint density at radius 1 is 1.35 bits per heavy atom. The summed E-state index contributed by atoms with van der Waals surface area (Å²) in [7, 11) is 0. The van der Waals surface area contributed by atoms with Gasteiger partial charge in [-0.3, -0.25) is 9.59 Å². The Morgan fingerprint density at radius 2 is 2.10 bits per heavy atom. The van der Waals surface area contributed by atoms with Gasteiger partial charge in [0.25, 0.3) is 0 Å². The first-order chi connectivity index (χ1) is 9.65. The zero-order valence-corrected chi connectivity index (χ0v) is 12.0. The molecule has 0 radical (unpaired) electrons. The van der Waals surface area contributed by atoms with E-state index in [0.717, 1.165) is 19.3 Å². The lowest BCUT2D eigenvalue weighted by molar-refractivity contribution is -0.133. The minimum absolute atomic E-state index is 0.0548. The maximum Gasteiger partial charge on any atom is 0.239 e. The molecule has 20 heavy (non-hydrogen) atoms. The predicted octanol–water partition coefficient (Wildman–Crippen LogP) is 1.75. The minimum Gasteiger partial charge on any atom is -0.352 e. The average molecular weight is 274 g/mol. The third-order valence-electron chi connectivity index (χ3n) is 3.62. The molecule has 1 heterocycles. The molecule has 1 aromatic rings. The van der Waals surface area contributed by atoms with Crippen LogP contribution in [0.2, 0.25) is 0 Å². The van der Waals surface area contributed by atoms with Crippen LogP contribution in [0.1, 0.15) is 31.7 Å². The molecular formula is C16H22N2O2. The molecule has 2 rings (SSSR count). The number of aryl methyl sites for hydroxylation is 1. The van der Waals surface area contributed by atoms with E-state index >= 15 is 0 Å². The van der Waals surface area contributed by atoms with Crippen LogP contribution in [0.25, 0.3) is 0 Å². The van der Waals surface area contributed by atoms with Crippen LogP contribution in [-0.2, 0) is 16.0 Å². The minimum atomic E-state index is -0.0548. The molecule has 108 valence electrons. The van der Waals surface area contributed by atoms with E-state index in [2.05, 4.69) is 17.4 Å². The summed E-state index contributed by atoms with van der Waals surface area (Å²) in [5.41, 5.74) is 1.28. The van der Waals surface area contributed by atoms with Gasteiger partial charge in [-0.2, -0.15) is 0 Å². The first kappa shape index (κ1) is 14.6. The van der Waals surface area contributed by atoms with E-state index in [-0.39, 0.29) is 24.4 Å². The molecule has 0 saturated carbocycles. The van der Waals surface area contributed by atoms with E-state index in [4.69, 9.17) is 0 Å². The Kier molecular flexibility index (Phi) is 5.16. The van der Waals surface area contributed by atoms with Gasteiger partial charge in [0.1, 0.15) is 0 Å². The molecule has 0 aliphatic carbocycles. The lowest BCUT2D eigenvalue weighted by atomic mass is 10.1. The molecule has 0 bridgehead atoms. The van der Waals surface area contributed by atoms with E-state index in [9.17, 15) is 9.59 Å². The van der Waals surface area contributed by atoms with Gasteiger partial charge < -0.3 is 10.2 Å². The van der Waals surface area contributed by atoms with E-state index in [0.29, 0.717) is 13.0 Å². The van der Waals surface area contributed by atoms with Crippen LogP contribution >= 0.6 is 0 Å². The highest BCUT2D eigenvalue weighted by molar-refractivity contribution is 5.85. The number of likely N-dealkylation sites (tertiary alicyclic amines) is 1. The van der Waals surface area contributed by atoms with Crippen molar-refractivity contribution in [3.8, 4) is 0 Å². The average Bonchev–Trinajstić information content (AvgIpc) is 2.83. The van der Waals surface area contributed by atoms with Crippen molar-refractivity contribution in [2.45, 2.75) is 38.6 Å². The topological polar surface area (TPSA) is 49.4 Å². The van der Waals surface area contributed by atoms with E-state index in [1.807, 2.05) is 25.1 Å². The Bertz CT molecular complexity index is 459. The van der Waals surface area contributed by atoms with Crippen LogP contribution in [0.4, 0.5) is 0 Å². The van der Waals surface area contributed by atoms with Gasteiger partial charge in [-0.05, 0) is 31.7 Å². The zero-order valence-electron chi connectivity index (χ0n) is 12.0. The molecule has 1 saturated heterocycles. The molecular weight excluding hydrogens is 252 g/mol. The summed E-state index contributed by atoms with van der Waals surface area (Å²) < 4.78 is 0. The standard InChI is InChI=1S/C16H22N2O2/c1-13(9-10-14-6-3-2-4-7-14)17-15(19)12-18-11-5-8-16(18)20/h2-4,6-7,13H,5,8-12H2,1H3,(H,17,19). The lowest BCUT2D eigenvalue weighted by Gasteiger charge is -2.18. The van der Waals surface area contributed by atoms with Gasteiger partial charge in [0.15, 0.2) is 0 Å². The van der Waals surface area contributed by atoms with Gasteiger partial charge in [-0.25, -0.2) is 0 Å². The normalized spacial score (nSPS) is 16.2. The second kappa shape index (κ2) is 7.08. The summed E-state index contributed by atoms with van der Waals surface area (Å²) in [6.45, 7) is 2.92. The third-order valence-corrected chi connectivity index (χ3v) is 3.62. The van der Waals surface area contributed by atoms with Crippen molar-refractivity contribution < 1.29 is 9.59 Å². The number of amides is 2. The highest BCUT2D eigenvalue weighted by Crippen LogP contribution is 2.09. The number of carbonyl (C=O) groups excluding carboxylic acids is 2. The molecule has 1 atom stereocenters. The number of carbonyl (C=O) groups is 2. The number of nitrogens with one attached hydrogen (secondary N) is 1. The molecule has 2 amide bonds. The molecule has 1 aliphatic rings. The Morgan fingerprint density at radius 3 is 2.75 bits per heavy atom. The quantitative estimate of drug-likeness (QED) is 0.859. The SMILES string of the molecule is CC(CCc1ccccc1)NC(=O)CN1CCCC1=O.